The molecular formula is C27H19N3O5. The van der Waals surface area contributed by atoms with Crippen molar-refractivity contribution in [3.8, 4) is 5.75 Å². The molecule has 8 nitrogen and oxygen atoms in total. The first-order valence-corrected chi connectivity index (χ1v) is 10.8. The molecule has 1 atom stereocenters. The van der Waals surface area contributed by atoms with Gasteiger partial charge < -0.3 is 9.15 Å². The summed E-state index contributed by atoms with van der Waals surface area (Å²) in [6.07, 6.45) is 1.55. The molecule has 0 spiro atoms. The molecule has 0 aliphatic carbocycles. The summed E-state index contributed by atoms with van der Waals surface area (Å²) < 4.78 is 11.3. The lowest BCUT2D eigenvalue weighted by molar-refractivity contribution is -0.402. The van der Waals surface area contributed by atoms with Crippen LogP contribution in [0.15, 0.2) is 112 Å². The second kappa shape index (κ2) is 9.48. The quantitative estimate of drug-likeness (QED) is 0.229. The number of fused-ring (bicyclic) bond motifs is 1. The SMILES string of the molecule is O=C(N/N=C/C1=C(c2ccccc2)Oc2ccccc2C1c1ccccc1)c1ccc([N+](=O)[O-])o1. The van der Waals surface area contributed by atoms with Gasteiger partial charge in [-0.3, -0.25) is 14.9 Å². The van der Waals surface area contributed by atoms with Crippen LogP contribution < -0.4 is 10.2 Å². The van der Waals surface area contributed by atoms with Crippen molar-refractivity contribution in [2.45, 2.75) is 5.92 Å². The Morgan fingerprint density at radius 1 is 0.914 bits per heavy atom. The largest absolute Gasteiger partial charge is 0.456 e. The smallest absolute Gasteiger partial charge is 0.433 e. The third-order valence-electron chi connectivity index (χ3n) is 5.55. The van der Waals surface area contributed by atoms with Gasteiger partial charge in [0, 0.05) is 22.6 Å². The molecule has 1 N–H and O–H groups in total. The van der Waals surface area contributed by atoms with Crippen molar-refractivity contribution in [3.05, 3.63) is 135 Å². The average Bonchev–Trinajstić information content (AvgIpc) is 3.40. The van der Waals surface area contributed by atoms with E-state index < -0.39 is 16.7 Å². The average molecular weight is 465 g/mol. The third kappa shape index (κ3) is 4.45. The lowest BCUT2D eigenvalue weighted by Gasteiger charge is -2.29. The second-order valence-electron chi connectivity index (χ2n) is 7.73. The predicted molar refractivity (Wildman–Crippen MR) is 130 cm³/mol. The molecule has 1 aliphatic heterocycles. The zero-order valence-corrected chi connectivity index (χ0v) is 18.3. The fourth-order valence-electron chi connectivity index (χ4n) is 4.00. The molecule has 4 aromatic rings. The summed E-state index contributed by atoms with van der Waals surface area (Å²) in [5.74, 6) is -0.286. The minimum atomic E-state index is -0.710. The second-order valence-corrected chi connectivity index (χ2v) is 7.73. The first kappa shape index (κ1) is 21.8. The van der Waals surface area contributed by atoms with E-state index in [1.165, 1.54) is 6.07 Å². The number of benzene rings is 3. The lowest BCUT2D eigenvalue weighted by atomic mass is 9.82. The van der Waals surface area contributed by atoms with Crippen molar-refractivity contribution < 1.29 is 18.9 Å². The Morgan fingerprint density at radius 3 is 2.31 bits per heavy atom. The van der Waals surface area contributed by atoms with Crippen molar-refractivity contribution in [2.24, 2.45) is 5.10 Å². The molecule has 0 fully saturated rings. The zero-order valence-electron chi connectivity index (χ0n) is 18.3. The van der Waals surface area contributed by atoms with Gasteiger partial charge in [0.25, 0.3) is 0 Å². The van der Waals surface area contributed by atoms with E-state index in [-0.39, 0.29) is 11.7 Å². The Bertz CT molecular complexity index is 1440. The number of allylic oxidation sites excluding steroid dienone is 1. The number of nitro groups is 1. The van der Waals surface area contributed by atoms with Crippen LogP contribution in [0.2, 0.25) is 0 Å². The number of hydrogen-bond donors (Lipinski definition) is 1. The van der Waals surface area contributed by atoms with E-state index >= 15 is 0 Å². The molecule has 35 heavy (non-hydrogen) atoms. The van der Waals surface area contributed by atoms with Crippen LogP contribution in [-0.2, 0) is 0 Å². The van der Waals surface area contributed by atoms with Gasteiger partial charge in [-0.25, -0.2) is 5.43 Å². The van der Waals surface area contributed by atoms with Crippen molar-refractivity contribution >= 4 is 23.8 Å². The maximum absolute atomic E-state index is 12.4. The van der Waals surface area contributed by atoms with Gasteiger partial charge in [0.05, 0.1) is 12.3 Å². The van der Waals surface area contributed by atoms with Gasteiger partial charge >= 0.3 is 11.8 Å². The Morgan fingerprint density at radius 2 is 1.60 bits per heavy atom. The minimum Gasteiger partial charge on any atom is -0.456 e. The minimum absolute atomic E-state index is 0.207. The van der Waals surface area contributed by atoms with Crippen LogP contribution in [0.25, 0.3) is 5.76 Å². The molecule has 0 bridgehead atoms. The lowest BCUT2D eigenvalue weighted by Crippen LogP contribution is -2.20. The summed E-state index contributed by atoms with van der Waals surface area (Å²) in [4.78, 5) is 22.6. The molecular weight excluding hydrogens is 446 g/mol. The van der Waals surface area contributed by atoms with Gasteiger partial charge in [-0.2, -0.15) is 5.10 Å². The van der Waals surface area contributed by atoms with Crippen LogP contribution in [0.1, 0.15) is 33.2 Å². The van der Waals surface area contributed by atoms with Crippen LogP contribution in [-0.4, -0.2) is 17.0 Å². The molecule has 3 aromatic carbocycles. The number of hydrogen-bond acceptors (Lipinski definition) is 6. The monoisotopic (exact) mass is 465 g/mol. The van der Waals surface area contributed by atoms with Crippen LogP contribution in [0.5, 0.6) is 5.75 Å². The van der Waals surface area contributed by atoms with E-state index in [1.54, 1.807) is 6.21 Å². The highest BCUT2D eigenvalue weighted by Gasteiger charge is 2.30. The van der Waals surface area contributed by atoms with E-state index in [1.807, 2.05) is 84.9 Å². The summed E-state index contributed by atoms with van der Waals surface area (Å²) in [5, 5.41) is 15.0. The van der Waals surface area contributed by atoms with Crippen LogP contribution in [0, 0.1) is 10.1 Å². The number of hydrazone groups is 1. The van der Waals surface area contributed by atoms with E-state index in [4.69, 9.17) is 9.15 Å². The highest BCUT2D eigenvalue weighted by Crippen LogP contribution is 2.44. The van der Waals surface area contributed by atoms with Gasteiger partial charge in [0.2, 0.25) is 5.76 Å². The topological polar surface area (TPSA) is 107 Å². The Hall–Kier alpha value is -4.98. The van der Waals surface area contributed by atoms with Crippen molar-refractivity contribution in [3.63, 3.8) is 0 Å². The number of rotatable bonds is 6. The molecule has 1 aliphatic rings. The molecule has 1 unspecified atom stereocenters. The number of nitrogens with one attached hydrogen (secondary N) is 1. The number of carbonyl (C=O) groups is 1. The maximum Gasteiger partial charge on any atom is 0.433 e. The summed E-state index contributed by atoms with van der Waals surface area (Å²) in [6.45, 7) is 0. The summed E-state index contributed by atoms with van der Waals surface area (Å²) in [5.41, 5.74) is 5.99. The molecule has 172 valence electrons. The van der Waals surface area contributed by atoms with Gasteiger partial charge in [0.1, 0.15) is 16.4 Å². The number of carbonyl (C=O) groups excluding carboxylic acids is 1. The highest BCUT2D eigenvalue weighted by atomic mass is 16.6. The van der Waals surface area contributed by atoms with Crippen LogP contribution in [0.4, 0.5) is 5.88 Å². The Balaban J connectivity index is 1.56. The Labute approximate surface area is 200 Å². The van der Waals surface area contributed by atoms with Crippen molar-refractivity contribution in [2.75, 3.05) is 0 Å². The fourth-order valence-corrected chi connectivity index (χ4v) is 4.00. The van der Waals surface area contributed by atoms with E-state index in [9.17, 15) is 14.9 Å². The van der Waals surface area contributed by atoms with E-state index in [2.05, 4.69) is 10.5 Å². The standard InChI is InChI=1S/C27H19N3O5/c31-27(23-15-16-24(34-23)30(32)33)29-28-17-21-25(18-9-3-1-4-10-18)20-13-7-8-14-22(20)35-26(21)19-11-5-2-6-12-19/h1-17,25H,(H,29,31)/b28-17+. The zero-order chi connectivity index (χ0) is 24.2. The first-order chi connectivity index (χ1) is 17.1. The van der Waals surface area contributed by atoms with E-state index in [0.717, 1.165) is 34.1 Å². The van der Waals surface area contributed by atoms with Gasteiger partial charge in [-0.05, 0) is 17.7 Å². The van der Waals surface area contributed by atoms with Crippen molar-refractivity contribution in [1.82, 2.24) is 5.43 Å². The molecule has 1 amide bonds. The van der Waals surface area contributed by atoms with Gasteiger partial charge in [-0.15, -0.1) is 0 Å². The van der Waals surface area contributed by atoms with Gasteiger partial charge in [-0.1, -0.05) is 78.9 Å². The molecule has 2 heterocycles. The maximum atomic E-state index is 12.4. The fraction of sp³-hybridized carbons (Fsp3) is 0.0370. The predicted octanol–water partition coefficient (Wildman–Crippen LogP) is 5.54. The highest BCUT2D eigenvalue weighted by molar-refractivity contribution is 5.96. The van der Waals surface area contributed by atoms with Crippen molar-refractivity contribution in [1.29, 1.82) is 0 Å². The number of para-hydroxylation sites is 1. The third-order valence-corrected chi connectivity index (χ3v) is 5.55. The van der Waals surface area contributed by atoms with Crippen LogP contribution in [0.3, 0.4) is 0 Å². The Kier molecular flexibility index (Phi) is 5.92. The van der Waals surface area contributed by atoms with Crippen LogP contribution >= 0.6 is 0 Å². The van der Waals surface area contributed by atoms with Gasteiger partial charge in [0.15, 0.2) is 0 Å². The number of nitrogens with zero attached hydrogens (tertiary/aromatic N) is 2. The first-order valence-electron chi connectivity index (χ1n) is 10.8. The van der Waals surface area contributed by atoms with E-state index in [0.29, 0.717) is 5.76 Å². The summed E-state index contributed by atoms with van der Waals surface area (Å²) in [6, 6.07) is 29.7. The molecule has 0 radical (unpaired) electrons. The number of ether oxygens (including phenoxy) is 1. The molecule has 8 heteroatoms. The number of furan rings is 1. The molecule has 5 rings (SSSR count). The number of amides is 1. The molecule has 0 saturated heterocycles. The summed E-state index contributed by atoms with van der Waals surface area (Å²) in [7, 11) is 0. The molecule has 0 saturated carbocycles. The summed E-state index contributed by atoms with van der Waals surface area (Å²) >= 11 is 0. The normalized spacial score (nSPS) is 14.9. The molecule has 1 aromatic heterocycles.